The molecule has 1 aromatic carbocycles. The number of carbonyl (C=O) groups is 1. The maximum atomic E-state index is 11.7. The molecule has 0 fully saturated rings. The van der Waals surface area contributed by atoms with Gasteiger partial charge in [0.1, 0.15) is 5.75 Å². The van der Waals surface area contributed by atoms with Crippen molar-refractivity contribution >= 4 is 5.97 Å². The Morgan fingerprint density at radius 2 is 1.50 bits per heavy atom. The SMILES string of the molecule is CC/C=C/CCCCCCCCCCOC(=O)c1ccc(O)cc1. The molecule has 3 heteroatoms. The first kappa shape index (κ1) is 20.3. The molecule has 0 aromatic heterocycles. The van der Waals surface area contributed by atoms with Gasteiger partial charge in [-0.15, -0.1) is 0 Å². The highest BCUT2D eigenvalue weighted by Crippen LogP contribution is 2.12. The van der Waals surface area contributed by atoms with Crippen LogP contribution in [0.3, 0.4) is 0 Å². The molecule has 0 aliphatic heterocycles. The minimum atomic E-state index is -0.313. The number of hydrogen-bond acceptors (Lipinski definition) is 3. The van der Waals surface area contributed by atoms with Crippen molar-refractivity contribution in [1.29, 1.82) is 0 Å². The van der Waals surface area contributed by atoms with Crippen LogP contribution in [-0.4, -0.2) is 17.7 Å². The molecule has 1 aromatic rings. The van der Waals surface area contributed by atoms with Crippen LogP contribution in [0.1, 0.15) is 81.5 Å². The average molecular weight is 332 g/mol. The van der Waals surface area contributed by atoms with E-state index >= 15 is 0 Å². The van der Waals surface area contributed by atoms with E-state index < -0.39 is 0 Å². The molecular weight excluding hydrogens is 300 g/mol. The molecule has 0 heterocycles. The van der Waals surface area contributed by atoms with Crippen LogP contribution in [0, 0.1) is 0 Å². The Morgan fingerprint density at radius 1 is 0.917 bits per heavy atom. The molecule has 134 valence electrons. The van der Waals surface area contributed by atoms with E-state index in [1.807, 2.05) is 0 Å². The number of aromatic hydroxyl groups is 1. The number of allylic oxidation sites excluding steroid dienone is 2. The zero-order valence-corrected chi connectivity index (χ0v) is 15.0. The summed E-state index contributed by atoms with van der Waals surface area (Å²) in [6.45, 7) is 2.65. The standard InChI is InChI=1S/C21H32O3/c1-2-3-4-5-6-7-8-9-10-11-12-13-18-24-21(23)19-14-16-20(22)17-15-19/h3-4,14-17,22H,2,5-13,18H2,1H3/b4-3+. The van der Waals surface area contributed by atoms with Gasteiger partial charge >= 0.3 is 5.97 Å². The fraction of sp³-hybridized carbons (Fsp3) is 0.571. The molecule has 0 saturated heterocycles. The molecule has 0 radical (unpaired) electrons. The van der Waals surface area contributed by atoms with Crippen LogP contribution in [0.15, 0.2) is 36.4 Å². The van der Waals surface area contributed by atoms with Gasteiger partial charge in [-0.1, -0.05) is 57.6 Å². The van der Waals surface area contributed by atoms with E-state index in [0.717, 1.165) is 19.3 Å². The molecule has 3 nitrogen and oxygen atoms in total. The molecule has 0 amide bonds. The third-order valence-electron chi connectivity index (χ3n) is 4.00. The monoisotopic (exact) mass is 332 g/mol. The lowest BCUT2D eigenvalue weighted by Gasteiger charge is -2.05. The molecule has 1 N–H and O–H groups in total. The number of hydrogen-bond donors (Lipinski definition) is 1. The van der Waals surface area contributed by atoms with Crippen molar-refractivity contribution < 1.29 is 14.6 Å². The molecule has 24 heavy (non-hydrogen) atoms. The maximum absolute atomic E-state index is 11.7. The summed E-state index contributed by atoms with van der Waals surface area (Å²) in [6, 6.07) is 6.15. The van der Waals surface area contributed by atoms with Crippen molar-refractivity contribution in [2.45, 2.75) is 71.1 Å². The first-order valence-corrected chi connectivity index (χ1v) is 9.35. The number of ether oxygens (including phenoxy) is 1. The predicted molar refractivity (Wildman–Crippen MR) is 99.4 cm³/mol. The second-order valence-corrected chi connectivity index (χ2v) is 6.18. The van der Waals surface area contributed by atoms with Crippen LogP contribution in [0.2, 0.25) is 0 Å². The molecule has 0 aliphatic carbocycles. The highest BCUT2D eigenvalue weighted by molar-refractivity contribution is 5.89. The van der Waals surface area contributed by atoms with Crippen molar-refractivity contribution in [1.82, 2.24) is 0 Å². The van der Waals surface area contributed by atoms with E-state index in [1.54, 1.807) is 12.1 Å². The lowest BCUT2D eigenvalue weighted by molar-refractivity contribution is 0.0497. The highest BCUT2D eigenvalue weighted by Gasteiger charge is 2.06. The van der Waals surface area contributed by atoms with E-state index in [9.17, 15) is 9.90 Å². The fourth-order valence-corrected chi connectivity index (χ4v) is 2.56. The van der Waals surface area contributed by atoms with E-state index in [4.69, 9.17) is 4.74 Å². The number of carbonyl (C=O) groups excluding carboxylic acids is 1. The molecule has 0 bridgehead atoms. The Kier molecular flexibility index (Phi) is 11.5. The Morgan fingerprint density at radius 3 is 2.12 bits per heavy atom. The van der Waals surface area contributed by atoms with Crippen molar-refractivity contribution in [2.24, 2.45) is 0 Å². The molecule has 0 atom stereocenters. The summed E-state index contributed by atoms with van der Waals surface area (Å²) in [5, 5.41) is 9.18. The van der Waals surface area contributed by atoms with Crippen LogP contribution >= 0.6 is 0 Å². The van der Waals surface area contributed by atoms with Crippen molar-refractivity contribution in [2.75, 3.05) is 6.61 Å². The van der Waals surface area contributed by atoms with Crippen LogP contribution in [0.25, 0.3) is 0 Å². The van der Waals surface area contributed by atoms with Crippen LogP contribution in [0.4, 0.5) is 0 Å². The first-order chi connectivity index (χ1) is 11.7. The molecule has 0 spiro atoms. The summed E-state index contributed by atoms with van der Waals surface area (Å²) in [5.74, 6) is -0.156. The predicted octanol–water partition coefficient (Wildman–Crippen LogP) is 6.03. The van der Waals surface area contributed by atoms with Gasteiger partial charge in [0.15, 0.2) is 0 Å². The van der Waals surface area contributed by atoms with Gasteiger partial charge in [0.05, 0.1) is 12.2 Å². The van der Waals surface area contributed by atoms with Gasteiger partial charge in [-0.05, 0) is 49.9 Å². The van der Waals surface area contributed by atoms with E-state index in [1.165, 1.54) is 57.1 Å². The smallest absolute Gasteiger partial charge is 0.338 e. The topological polar surface area (TPSA) is 46.5 Å². The normalized spacial score (nSPS) is 11.0. The first-order valence-electron chi connectivity index (χ1n) is 9.35. The van der Waals surface area contributed by atoms with Gasteiger partial charge in [0.2, 0.25) is 0 Å². The summed E-state index contributed by atoms with van der Waals surface area (Å²) in [5.41, 5.74) is 0.488. The summed E-state index contributed by atoms with van der Waals surface area (Å²) in [7, 11) is 0. The number of benzene rings is 1. The van der Waals surface area contributed by atoms with Gasteiger partial charge in [0, 0.05) is 0 Å². The Balaban J connectivity index is 1.89. The second-order valence-electron chi connectivity index (χ2n) is 6.18. The van der Waals surface area contributed by atoms with Crippen LogP contribution in [-0.2, 0) is 4.74 Å². The maximum Gasteiger partial charge on any atom is 0.338 e. The third kappa shape index (κ3) is 10.1. The van der Waals surface area contributed by atoms with Gasteiger partial charge in [-0.3, -0.25) is 0 Å². The van der Waals surface area contributed by atoms with E-state index in [-0.39, 0.29) is 11.7 Å². The van der Waals surface area contributed by atoms with E-state index in [2.05, 4.69) is 19.1 Å². The van der Waals surface area contributed by atoms with Crippen LogP contribution in [0.5, 0.6) is 5.75 Å². The largest absolute Gasteiger partial charge is 0.508 e. The minimum Gasteiger partial charge on any atom is -0.508 e. The summed E-state index contributed by atoms with van der Waals surface area (Å²) >= 11 is 0. The number of unbranched alkanes of at least 4 members (excludes halogenated alkanes) is 8. The Bertz CT molecular complexity index is 462. The Hall–Kier alpha value is -1.77. The van der Waals surface area contributed by atoms with Gasteiger partial charge in [0.25, 0.3) is 0 Å². The summed E-state index contributed by atoms with van der Waals surface area (Å²) in [6.07, 6.45) is 16.7. The number of rotatable bonds is 13. The zero-order chi connectivity index (χ0) is 17.5. The minimum absolute atomic E-state index is 0.156. The molecular formula is C21H32O3. The third-order valence-corrected chi connectivity index (χ3v) is 4.00. The summed E-state index contributed by atoms with van der Waals surface area (Å²) in [4.78, 5) is 11.7. The molecule has 1 rings (SSSR count). The van der Waals surface area contributed by atoms with Crippen LogP contribution < -0.4 is 0 Å². The quantitative estimate of drug-likeness (QED) is 0.273. The number of phenolic OH excluding ortho intramolecular Hbond substituents is 1. The molecule has 0 unspecified atom stereocenters. The highest BCUT2D eigenvalue weighted by atomic mass is 16.5. The number of phenols is 1. The Labute approximate surface area is 146 Å². The van der Waals surface area contributed by atoms with E-state index in [0.29, 0.717) is 12.2 Å². The lowest BCUT2D eigenvalue weighted by Crippen LogP contribution is -2.06. The second kappa shape index (κ2) is 13.6. The zero-order valence-electron chi connectivity index (χ0n) is 15.0. The summed E-state index contributed by atoms with van der Waals surface area (Å²) < 4.78 is 5.23. The molecule has 0 saturated carbocycles. The lowest BCUT2D eigenvalue weighted by atomic mass is 10.1. The molecule has 0 aliphatic rings. The van der Waals surface area contributed by atoms with Gasteiger partial charge in [-0.25, -0.2) is 4.79 Å². The van der Waals surface area contributed by atoms with Crippen molar-refractivity contribution in [3.8, 4) is 5.75 Å². The van der Waals surface area contributed by atoms with Gasteiger partial charge < -0.3 is 9.84 Å². The number of esters is 1. The van der Waals surface area contributed by atoms with Crippen molar-refractivity contribution in [3.63, 3.8) is 0 Å². The van der Waals surface area contributed by atoms with Crippen molar-refractivity contribution in [3.05, 3.63) is 42.0 Å². The average Bonchev–Trinajstić information content (AvgIpc) is 2.59. The fourth-order valence-electron chi connectivity index (χ4n) is 2.56. The van der Waals surface area contributed by atoms with Gasteiger partial charge in [-0.2, -0.15) is 0 Å².